The molecule has 2 aliphatic rings. The first kappa shape index (κ1) is 25.5. The third-order valence-corrected chi connectivity index (χ3v) is 7.89. The average molecular weight is 525 g/mol. The first-order valence-electron chi connectivity index (χ1n) is 14.1. The monoisotopic (exact) mass is 524 g/mol. The predicted molar refractivity (Wildman–Crippen MR) is 157 cm³/mol. The van der Waals surface area contributed by atoms with Gasteiger partial charge in [0.15, 0.2) is 11.6 Å². The normalized spacial score (nSPS) is 22.3. The smallest absolute Gasteiger partial charge is 0.178 e. The summed E-state index contributed by atoms with van der Waals surface area (Å²) in [6.07, 6.45) is 6.39. The summed E-state index contributed by atoms with van der Waals surface area (Å²) in [5.74, 6) is 2.24. The highest BCUT2D eigenvalue weighted by molar-refractivity contribution is 5.90. The Balaban J connectivity index is 1.33. The number of para-hydroxylation sites is 3. The summed E-state index contributed by atoms with van der Waals surface area (Å²) in [4.78, 5) is 19.0. The molecule has 1 saturated carbocycles. The molecule has 0 amide bonds. The van der Waals surface area contributed by atoms with Crippen molar-refractivity contribution in [3.8, 4) is 0 Å². The Kier molecular flexibility index (Phi) is 7.06. The summed E-state index contributed by atoms with van der Waals surface area (Å²) in [5.41, 5.74) is 3.37. The van der Waals surface area contributed by atoms with E-state index < -0.39 is 24.2 Å². The second-order valence-electron chi connectivity index (χ2n) is 10.5. The number of hydrogen-bond donors (Lipinski definition) is 3. The van der Waals surface area contributed by atoms with Gasteiger partial charge in [0, 0.05) is 30.6 Å². The molecule has 0 radical (unpaired) electrons. The van der Waals surface area contributed by atoms with Gasteiger partial charge in [-0.25, -0.2) is 9.97 Å². The van der Waals surface area contributed by atoms with Crippen molar-refractivity contribution in [2.45, 2.75) is 57.8 Å². The highest BCUT2D eigenvalue weighted by Gasteiger charge is 2.49. The quantitative estimate of drug-likeness (QED) is 0.279. The van der Waals surface area contributed by atoms with Crippen molar-refractivity contribution in [1.29, 1.82) is 0 Å². The topological polar surface area (TPSA) is 97.6 Å². The summed E-state index contributed by atoms with van der Waals surface area (Å²) in [7, 11) is 0. The lowest BCUT2D eigenvalue weighted by Gasteiger charge is -2.46. The van der Waals surface area contributed by atoms with Crippen LogP contribution in [0, 0.1) is 5.92 Å². The van der Waals surface area contributed by atoms with Crippen molar-refractivity contribution in [3.63, 3.8) is 0 Å². The average Bonchev–Trinajstić information content (AvgIpc) is 3.25. The fraction of sp³-hybridized carbons (Fsp3) is 0.387. The molecule has 1 fully saturated rings. The number of unbranched alkanes of at least 4 members (excludes halogenated alkanes) is 2. The maximum Gasteiger partial charge on any atom is 0.178 e. The lowest BCUT2D eigenvalue weighted by atomic mass is 9.73. The van der Waals surface area contributed by atoms with Crippen LogP contribution in [-0.4, -0.2) is 56.5 Å². The third kappa shape index (κ3) is 4.57. The minimum atomic E-state index is -0.753. The molecule has 0 bridgehead atoms. The van der Waals surface area contributed by atoms with Crippen LogP contribution >= 0.6 is 0 Å². The zero-order valence-electron chi connectivity index (χ0n) is 22.5. The van der Waals surface area contributed by atoms with E-state index in [0.29, 0.717) is 0 Å². The van der Waals surface area contributed by atoms with E-state index >= 15 is 0 Å². The molecule has 8 heteroatoms. The van der Waals surface area contributed by atoms with Gasteiger partial charge in [-0.15, -0.1) is 0 Å². The third-order valence-electron chi connectivity index (χ3n) is 7.89. The lowest BCUT2D eigenvalue weighted by Crippen LogP contribution is -2.62. The zero-order valence-corrected chi connectivity index (χ0v) is 22.5. The molecule has 2 aromatic heterocycles. The van der Waals surface area contributed by atoms with Crippen LogP contribution in [0.3, 0.4) is 0 Å². The minimum Gasteiger partial charge on any atom is -0.390 e. The number of aromatic nitrogens is 3. The Morgan fingerprint density at radius 1 is 0.821 bits per heavy atom. The molecule has 4 aromatic rings. The number of fused-ring (bicyclic) bond motifs is 3. The van der Waals surface area contributed by atoms with Gasteiger partial charge >= 0.3 is 0 Å². The van der Waals surface area contributed by atoms with Crippen molar-refractivity contribution < 1.29 is 10.2 Å². The number of anilines is 3. The van der Waals surface area contributed by atoms with Crippen LogP contribution < -0.4 is 15.1 Å². The van der Waals surface area contributed by atoms with Crippen LogP contribution in [0.1, 0.15) is 39.5 Å². The van der Waals surface area contributed by atoms with Gasteiger partial charge < -0.3 is 25.3 Å². The highest BCUT2D eigenvalue weighted by Crippen LogP contribution is 2.43. The largest absolute Gasteiger partial charge is 0.390 e. The van der Waals surface area contributed by atoms with E-state index in [9.17, 15) is 10.2 Å². The molecule has 1 aliphatic heterocycles. The molecule has 0 spiro atoms. The van der Waals surface area contributed by atoms with Crippen molar-refractivity contribution in [3.05, 3.63) is 72.7 Å². The van der Waals surface area contributed by atoms with E-state index in [2.05, 4.69) is 33.9 Å². The van der Waals surface area contributed by atoms with E-state index in [1.54, 1.807) is 6.20 Å². The molecule has 3 N–H and O–H groups in total. The van der Waals surface area contributed by atoms with Crippen LogP contribution in [0.25, 0.3) is 21.9 Å². The Hall–Kier alpha value is -3.75. The van der Waals surface area contributed by atoms with Gasteiger partial charge in [0.1, 0.15) is 5.82 Å². The maximum atomic E-state index is 11.3. The molecule has 1 aliphatic carbocycles. The van der Waals surface area contributed by atoms with Crippen LogP contribution in [0.15, 0.2) is 72.7 Å². The Bertz CT molecular complexity index is 1440. The highest BCUT2D eigenvalue weighted by atomic mass is 16.3. The van der Waals surface area contributed by atoms with Crippen molar-refractivity contribution in [2.75, 3.05) is 28.2 Å². The Labute approximate surface area is 229 Å². The van der Waals surface area contributed by atoms with Gasteiger partial charge in [0.05, 0.1) is 40.5 Å². The van der Waals surface area contributed by atoms with Crippen molar-refractivity contribution in [2.24, 2.45) is 5.92 Å². The second-order valence-corrected chi connectivity index (χ2v) is 10.5. The summed E-state index contributed by atoms with van der Waals surface area (Å²) >= 11 is 0. The van der Waals surface area contributed by atoms with E-state index in [1.165, 1.54) is 0 Å². The van der Waals surface area contributed by atoms with Crippen molar-refractivity contribution >= 4 is 39.3 Å². The molecule has 2 aromatic carbocycles. The van der Waals surface area contributed by atoms with E-state index in [4.69, 9.17) is 9.97 Å². The summed E-state index contributed by atoms with van der Waals surface area (Å²) in [6.45, 7) is 5.96. The number of nitrogens with zero attached hydrogens (tertiary/aromatic N) is 5. The summed E-state index contributed by atoms with van der Waals surface area (Å²) in [5, 5.41) is 26.9. The Morgan fingerprint density at radius 2 is 1.44 bits per heavy atom. The molecule has 8 nitrogen and oxygen atoms in total. The first-order valence-corrected chi connectivity index (χ1v) is 14.1. The number of hydrogen-bond acceptors (Lipinski definition) is 8. The molecule has 39 heavy (non-hydrogen) atoms. The molecule has 6 rings (SSSR count). The van der Waals surface area contributed by atoms with E-state index in [1.807, 2.05) is 60.7 Å². The number of aliphatic hydroxyl groups excluding tert-OH is 2. The Morgan fingerprint density at radius 3 is 2.05 bits per heavy atom. The summed E-state index contributed by atoms with van der Waals surface area (Å²) < 4.78 is 0. The number of aliphatic hydroxyl groups is 2. The SMILES string of the molecule is CCCCN1C(=CC2C(O)C(Nc3cccc4cccnc34)C2O)N(CCCC)c2nc3ccccc3nc21. The van der Waals surface area contributed by atoms with Gasteiger partial charge in [-0.05, 0) is 43.2 Å². The zero-order chi connectivity index (χ0) is 26.9. The van der Waals surface area contributed by atoms with Crippen LogP contribution in [0.4, 0.5) is 17.3 Å². The van der Waals surface area contributed by atoms with Crippen molar-refractivity contribution in [1.82, 2.24) is 15.0 Å². The predicted octanol–water partition coefficient (Wildman–Crippen LogP) is 5.08. The molecule has 2 atom stereocenters. The molecule has 202 valence electrons. The summed E-state index contributed by atoms with van der Waals surface area (Å²) in [6, 6.07) is 17.3. The van der Waals surface area contributed by atoms with Gasteiger partial charge in [-0.1, -0.05) is 57.0 Å². The minimum absolute atomic E-state index is 0.419. The molecular weight excluding hydrogens is 488 g/mol. The number of pyridine rings is 1. The van der Waals surface area contributed by atoms with E-state index in [0.717, 1.165) is 83.9 Å². The molecule has 0 saturated heterocycles. The second kappa shape index (κ2) is 10.8. The number of benzene rings is 2. The standard InChI is InChI=1S/C31H36N6O2/c1-3-5-17-36-25(37(18-6-4-2)31-30(36)34-22-13-7-8-14-23(22)35-31)19-21-28(38)27(29(21)39)33-24-15-9-11-20-12-10-16-32-26(20)24/h7-16,19,21,27-29,33,38-39H,3-6,17-18H2,1-2H3. The first-order chi connectivity index (χ1) is 19.1. The molecular formula is C31H36N6O2. The van der Waals surface area contributed by atoms with Gasteiger partial charge in [-0.3, -0.25) is 4.98 Å². The van der Waals surface area contributed by atoms with E-state index in [-0.39, 0.29) is 0 Å². The van der Waals surface area contributed by atoms with Crippen LogP contribution in [0.2, 0.25) is 0 Å². The maximum absolute atomic E-state index is 11.3. The number of rotatable bonds is 9. The van der Waals surface area contributed by atoms with Gasteiger partial charge in [0.2, 0.25) is 0 Å². The fourth-order valence-electron chi connectivity index (χ4n) is 5.64. The fourth-order valence-corrected chi connectivity index (χ4v) is 5.64. The lowest BCUT2D eigenvalue weighted by molar-refractivity contribution is -0.0822. The van der Waals surface area contributed by atoms with Crippen LogP contribution in [0.5, 0.6) is 0 Å². The van der Waals surface area contributed by atoms with Gasteiger partial charge in [0.25, 0.3) is 0 Å². The van der Waals surface area contributed by atoms with Gasteiger partial charge in [-0.2, -0.15) is 0 Å². The molecule has 2 unspecified atom stereocenters. The number of nitrogens with one attached hydrogen (secondary N) is 1. The van der Waals surface area contributed by atoms with Crippen LogP contribution in [-0.2, 0) is 0 Å². The molecule has 3 heterocycles.